The maximum Gasteiger partial charge on any atom is 0.264 e. The van der Waals surface area contributed by atoms with Crippen molar-refractivity contribution in [2.45, 2.75) is 25.8 Å². The van der Waals surface area contributed by atoms with E-state index >= 15 is 0 Å². The molecule has 0 aliphatic carbocycles. The fourth-order valence-corrected chi connectivity index (χ4v) is 2.33. The third kappa shape index (κ3) is 5.35. The summed E-state index contributed by atoms with van der Waals surface area (Å²) >= 11 is 5.93. The van der Waals surface area contributed by atoms with Gasteiger partial charge in [-0.2, -0.15) is 8.42 Å². The second-order valence-corrected chi connectivity index (χ2v) is 6.71. The van der Waals surface area contributed by atoms with Gasteiger partial charge in [-0.3, -0.25) is 4.55 Å². The van der Waals surface area contributed by atoms with Gasteiger partial charge in [-0.05, 0) is 44.5 Å². The number of hydrogen-bond acceptors (Lipinski definition) is 3. The zero-order chi connectivity index (χ0) is 13.8. The van der Waals surface area contributed by atoms with Crippen LogP contribution >= 0.6 is 11.6 Å². The molecule has 1 aromatic carbocycles. The predicted octanol–water partition coefficient (Wildman–Crippen LogP) is 2.44. The maximum atomic E-state index is 10.6. The number of halogens is 1. The van der Waals surface area contributed by atoms with E-state index in [0.717, 1.165) is 5.56 Å². The molecular weight excluding hydrogens is 274 g/mol. The van der Waals surface area contributed by atoms with E-state index in [1.165, 1.54) is 0 Å². The average Bonchev–Trinajstić information content (AvgIpc) is 2.23. The van der Waals surface area contributed by atoms with Crippen molar-refractivity contribution in [1.29, 1.82) is 0 Å². The van der Waals surface area contributed by atoms with Crippen LogP contribution in [0.5, 0.6) is 0 Å². The molecule has 0 aromatic heterocycles. The van der Waals surface area contributed by atoms with Crippen LogP contribution in [0.25, 0.3) is 0 Å². The van der Waals surface area contributed by atoms with Crippen LogP contribution in [0.3, 0.4) is 0 Å². The molecule has 6 heteroatoms. The van der Waals surface area contributed by atoms with E-state index in [1.54, 1.807) is 6.07 Å². The van der Waals surface area contributed by atoms with Crippen molar-refractivity contribution >= 4 is 21.7 Å². The molecule has 1 aromatic rings. The minimum absolute atomic E-state index is 0.231. The molecule has 0 fully saturated rings. The van der Waals surface area contributed by atoms with Gasteiger partial charge in [0.05, 0.1) is 5.75 Å². The Morgan fingerprint density at radius 1 is 1.39 bits per heavy atom. The summed E-state index contributed by atoms with van der Waals surface area (Å²) in [5.74, 6) is -0.231. The molecule has 0 aliphatic heterocycles. The Kier molecular flexibility index (Phi) is 5.16. The lowest BCUT2D eigenvalue weighted by molar-refractivity contribution is 0.401. The highest BCUT2D eigenvalue weighted by molar-refractivity contribution is 7.85. The van der Waals surface area contributed by atoms with Crippen LogP contribution < -0.4 is 5.32 Å². The van der Waals surface area contributed by atoms with E-state index in [0.29, 0.717) is 18.0 Å². The molecule has 4 nitrogen and oxygen atoms in total. The molecule has 0 heterocycles. The Bertz CT molecular complexity index is 500. The first kappa shape index (κ1) is 15.4. The highest BCUT2D eigenvalue weighted by atomic mass is 35.5. The molecule has 0 aliphatic rings. The predicted molar refractivity (Wildman–Crippen MR) is 73.5 cm³/mol. The summed E-state index contributed by atoms with van der Waals surface area (Å²) < 4.78 is 29.8. The Morgan fingerprint density at radius 3 is 2.61 bits per heavy atom. The maximum absolute atomic E-state index is 10.6. The molecule has 0 bridgehead atoms. The number of rotatable bonds is 6. The summed E-state index contributed by atoms with van der Waals surface area (Å²) in [7, 11) is -3.87. The van der Waals surface area contributed by atoms with Crippen molar-refractivity contribution in [3.05, 3.63) is 34.9 Å². The van der Waals surface area contributed by atoms with Crippen LogP contribution in [-0.4, -0.2) is 25.3 Å². The van der Waals surface area contributed by atoms with Crippen LogP contribution in [0.4, 0.5) is 0 Å². The molecule has 0 atom stereocenters. The van der Waals surface area contributed by atoms with Gasteiger partial charge in [0.25, 0.3) is 10.1 Å². The zero-order valence-corrected chi connectivity index (χ0v) is 12.1. The minimum Gasteiger partial charge on any atom is -0.308 e. The fraction of sp³-hybridized carbons (Fsp3) is 0.500. The lowest BCUT2D eigenvalue weighted by Gasteiger charge is -2.27. The topological polar surface area (TPSA) is 66.4 Å². The van der Waals surface area contributed by atoms with Crippen molar-refractivity contribution in [2.24, 2.45) is 0 Å². The first-order valence-corrected chi connectivity index (χ1v) is 7.66. The quantitative estimate of drug-likeness (QED) is 0.624. The molecule has 18 heavy (non-hydrogen) atoms. The lowest BCUT2D eigenvalue weighted by Crippen LogP contribution is -2.37. The van der Waals surface area contributed by atoms with Crippen molar-refractivity contribution in [1.82, 2.24) is 5.32 Å². The van der Waals surface area contributed by atoms with E-state index in [9.17, 15) is 8.42 Å². The monoisotopic (exact) mass is 291 g/mol. The van der Waals surface area contributed by atoms with Gasteiger partial charge in [0, 0.05) is 10.6 Å². The van der Waals surface area contributed by atoms with E-state index in [-0.39, 0.29) is 11.3 Å². The van der Waals surface area contributed by atoms with E-state index in [4.69, 9.17) is 16.2 Å². The summed E-state index contributed by atoms with van der Waals surface area (Å²) in [4.78, 5) is 0. The fourth-order valence-electron chi connectivity index (χ4n) is 1.63. The Balaban J connectivity index is 2.55. The largest absolute Gasteiger partial charge is 0.308 e. The Morgan fingerprint density at radius 2 is 2.06 bits per heavy atom. The lowest BCUT2D eigenvalue weighted by atomic mass is 9.94. The summed E-state index contributed by atoms with van der Waals surface area (Å²) in [6, 6.07) is 7.51. The van der Waals surface area contributed by atoms with Gasteiger partial charge >= 0.3 is 0 Å². The summed E-state index contributed by atoms with van der Waals surface area (Å²) in [5, 5.41) is 3.91. The third-order valence-corrected chi connectivity index (χ3v) is 3.73. The van der Waals surface area contributed by atoms with Gasteiger partial charge in [0.1, 0.15) is 0 Å². The normalized spacial score (nSPS) is 12.7. The van der Waals surface area contributed by atoms with Gasteiger partial charge in [-0.15, -0.1) is 0 Å². The smallest absolute Gasteiger partial charge is 0.264 e. The van der Waals surface area contributed by atoms with Gasteiger partial charge in [-0.1, -0.05) is 23.7 Å². The zero-order valence-electron chi connectivity index (χ0n) is 10.5. The van der Waals surface area contributed by atoms with Crippen molar-refractivity contribution in [2.75, 3.05) is 12.3 Å². The second kappa shape index (κ2) is 6.02. The van der Waals surface area contributed by atoms with Gasteiger partial charge in [0.15, 0.2) is 0 Å². The second-order valence-electron chi connectivity index (χ2n) is 4.70. The number of nitrogens with one attached hydrogen (secondary N) is 1. The molecule has 102 valence electrons. The Labute approximate surface area is 113 Å². The molecule has 0 unspecified atom stereocenters. The molecule has 0 radical (unpaired) electrons. The first-order chi connectivity index (χ1) is 8.21. The molecular formula is C12H18ClNO3S. The SMILES string of the molecule is CC(C)(NCCCS(=O)(=O)O)c1cccc(Cl)c1. The molecule has 0 amide bonds. The average molecular weight is 292 g/mol. The highest BCUT2D eigenvalue weighted by Gasteiger charge is 2.19. The van der Waals surface area contributed by atoms with Crippen LogP contribution in [0.2, 0.25) is 5.02 Å². The minimum atomic E-state index is -3.87. The summed E-state index contributed by atoms with van der Waals surface area (Å²) in [6.07, 6.45) is 0.364. The van der Waals surface area contributed by atoms with Crippen LogP contribution in [0, 0.1) is 0 Å². The van der Waals surface area contributed by atoms with Gasteiger partial charge in [0.2, 0.25) is 0 Å². The van der Waals surface area contributed by atoms with E-state index in [2.05, 4.69) is 5.32 Å². The standard InChI is InChI=1S/C12H18ClNO3S/c1-12(2,10-5-3-6-11(13)9-10)14-7-4-8-18(15,16)17/h3,5-6,9,14H,4,7-8H2,1-2H3,(H,15,16,17). The van der Waals surface area contributed by atoms with Crippen LogP contribution in [0.1, 0.15) is 25.8 Å². The third-order valence-electron chi connectivity index (χ3n) is 2.69. The van der Waals surface area contributed by atoms with Crippen LogP contribution in [-0.2, 0) is 15.7 Å². The van der Waals surface area contributed by atoms with E-state index in [1.807, 2.05) is 32.0 Å². The van der Waals surface area contributed by atoms with Crippen LogP contribution in [0.15, 0.2) is 24.3 Å². The molecule has 2 N–H and O–H groups in total. The molecule has 0 spiro atoms. The Hall–Kier alpha value is -0.620. The highest BCUT2D eigenvalue weighted by Crippen LogP contribution is 2.22. The van der Waals surface area contributed by atoms with Gasteiger partial charge in [-0.25, -0.2) is 0 Å². The summed E-state index contributed by atoms with van der Waals surface area (Å²) in [5.41, 5.74) is 0.728. The van der Waals surface area contributed by atoms with E-state index < -0.39 is 10.1 Å². The van der Waals surface area contributed by atoms with Crippen molar-refractivity contribution in [3.8, 4) is 0 Å². The first-order valence-electron chi connectivity index (χ1n) is 5.67. The molecule has 0 saturated heterocycles. The van der Waals surface area contributed by atoms with Gasteiger partial charge < -0.3 is 5.32 Å². The number of benzene rings is 1. The van der Waals surface area contributed by atoms with Crippen molar-refractivity contribution in [3.63, 3.8) is 0 Å². The summed E-state index contributed by atoms with van der Waals surface area (Å²) in [6.45, 7) is 4.48. The molecule has 0 saturated carbocycles. The molecule has 1 rings (SSSR count). The van der Waals surface area contributed by atoms with Crippen molar-refractivity contribution < 1.29 is 13.0 Å². The number of hydrogen-bond donors (Lipinski definition) is 2.